The van der Waals surface area contributed by atoms with Gasteiger partial charge in [0.1, 0.15) is 0 Å². The third kappa shape index (κ3) is 1.75. The maximum absolute atomic E-state index is 10.4. The second kappa shape index (κ2) is 3.55. The highest BCUT2D eigenvalue weighted by Crippen LogP contribution is 2.13. The molecule has 1 aromatic heterocycles. The third-order valence-electron chi connectivity index (χ3n) is 1.25. The summed E-state index contributed by atoms with van der Waals surface area (Å²) in [4.78, 5) is 10.4. The van der Waals surface area contributed by atoms with Gasteiger partial charge < -0.3 is 10.2 Å². The van der Waals surface area contributed by atoms with Crippen LogP contribution in [0.15, 0.2) is 6.20 Å². The molecular weight excluding hydrogens is 184 g/mol. The summed E-state index contributed by atoms with van der Waals surface area (Å²) in [6, 6.07) is 0. The Balaban J connectivity index is 2.92. The fraction of sp³-hybridized carbons (Fsp3) is 0.333. The Bertz CT molecular complexity index is 297. The molecule has 0 amide bonds. The van der Waals surface area contributed by atoms with E-state index < -0.39 is 5.97 Å². The lowest BCUT2D eigenvalue weighted by atomic mass is 10.4. The zero-order valence-electron chi connectivity index (χ0n) is 6.07. The summed E-state index contributed by atoms with van der Waals surface area (Å²) in [5, 5.41) is 20.7. The summed E-state index contributed by atoms with van der Waals surface area (Å²) in [6.07, 6.45) is 1.36. The molecule has 6 heteroatoms. The van der Waals surface area contributed by atoms with Gasteiger partial charge in [-0.05, 0) is 0 Å². The maximum atomic E-state index is 10.4. The Labute approximate surface area is 73.2 Å². The number of aliphatic hydroxyl groups excluding tert-OH is 1. The molecule has 1 heterocycles. The minimum absolute atomic E-state index is 0.0796. The number of carboxylic acid groups (broad SMARTS) is 1. The van der Waals surface area contributed by atoms with Crippen LogP contribution in [0.1, 0.15) is 10.5 Å². The lowest BCUT2D eigenvalue weighted by molar-refractivity contribution is 0.0689. The molecule has 1 aromatic rings. The third-order valence-corrected chi connectivity index (χ3v) is 1.53. The highest BCUT2D eigenvalue weighted by atomic mass is 35.5. The monoisotopic (exact) mass is 190 g/mol. The summed E-state index contributed by atoms with van der Waals surface area (Å²) in [5.41, 5.74) is -0.190. The van der Waals surface area contributed by atoms with Crippen LogP contribution in [-0.4, -0.2) is 32.6 Å². The van der Waals surface area contributed by atoms with Gasteiger partial charge in [0.05, 0.1) is 18.2 Å². The van der Waals surface area contributed by atoms with Gasteiger partial charge in [0, 0.05) is 6.20 Å². The molecule has 0 atom stereocenters. The van der Waals surface area contributed by atoms with Crippen LogP contribution in [0.25, 0.3) is 0 Å². The van der Waals surface area contributed by atoms with Gasteiger partial charge in [-0.3, -0.25) is 4.68 Å². The molecule has 1 rings (SSSR count). The molecule has 0 saturated heterocycles. The molecule has 0 spiro atoms. The van der Waals surface area contributed by atoms with Crippen LogP contribution in [0.5, 0.6) is 0 Å². The van der Waals surface area contributed by atoms with Crippen LogP contribution in [-0.2, 0) is 6.54 Å². The number of hydrogen-bond donors (Lipinski definition) is 2. The predicted molar refractivity (Wildman–Crippen MR) is 41.3 cm³/mol. The predicted octanol–water partition coefficient (Wildman–Crippen LogP) is 0.227. The molecule has 66 valence electrons. The van der Waals surface area contributed by atoms with Crippen molar-refractivity contribution in [1.29, 1.82) is 0 Å². The van der Waals surface area contributed by atoms with Gasteiger partial charge in [-0.25, -0.2) is 4.79 Å². The number of carbonyl (C=O) groups is 1. The van der Waals surface area contributed by atoms with E-state index >= 15 is 0 Å². The fourth-order valence-electron chi connectivity index (χ4n) is 0.759. The molecule has 12 heavy (non-hydrogen) atoms. The lowest BCUT2D eigenvalue weighted by Crippen LogP contribution is -2.05. The van der Waals surface area contributed by atoms with Crippen molar-refractivity contribution in [2.24, 2.45) is 0 Å². The van der Waals surface area contributed by atoms with Crippen LogP contribution in [0.4, 0.5) is 0 Å². The average Bonchev–Trinajstić information content (AvgIpc) is 2.32. The first-order valence-electron chi connectivity index (χ1n) is 3.22. The van der Waals surface area contributed by atoms with Crippen LogP contribution < -0.4 is 0 Å². The molecule has 0 saturated carbocycles. The second-order valence-electron chi connectivity index (χ2n) is 2.12. The minimum Gasteiger partial charge on any atom is -0.476 e. The highest BCUT2D eigenvalue weighted by molar-refractivity contribution is 6.33. The van der Waals surface area contributed by atoms with Crippen LogP contribution >= 0.6 is 11.6 Å². The Kier molecular flexibility index (Phi) is 2.67. The topological polar surface area (TPSA) is 75.3 Å². The van der Waals surface area contributed by atoms with Crippen molar-refractivity contribution in [3.63, 3.8) is 0 Å². The van der Waals surface area contributed by atoms with Crippen molar-refractivity contribution in [3.8, 4) is 0 Å². The van der Waals surface area contributed by atoms with Gasteiger partial charge in [0.15, 0.2) is 5.69 Å². The zero-order chi connectivity index (χ0) is 9.14. The fourth-order valence-corrected chi connectivity index (χ4v) is 0.990. The van der Waals surface area contributed by atoms with Crippen LogP contribution in [0, 0.1) is 0 Å². The van der Waals surface area contributed by atoms with Crippen molar-refractivity contribution in [3.05, 3.63) is 16.9 Å². The van der Waals surface area contributed by atoms with E-state index in [1.165, 1.54) is 10.9 Å². The van der Waals surface area contributed by atoms with Crippen molar-refractivity contribution in [1.82, 2.24) is 9.78 Å². The maximum Gasteiger partial charge on any atom is 0.357 e. The van der Waals surface area contributed by atoms with E-state index in [-0.39, 0.29) is 23.9 Å². The van der Waals surface area contributed by atoms with Crippen LogP contribution in [0.2, 0.25) is 5.02 Å². The van der Waals surface area contributed by atoms with E-state index in [1.807, 2.05) is 0 Å². The molecular formula is C6H7ClN2O3. The summed E-state index contributed by atoms with van der Waals surface area (Å²) in [5.74, 6) is -1.17. The van der Waals surface area contributed by atoms with Crippen molar-refractivity contribution in [2.75, 3.05) is 6.61 Å². The van der Waals surface area contributed by atoms with Gasteiger partial charge in [-0.1, -0.05) is 11.6 Å². The first-order chi connectivity index (χ1) is 5.65. The first kappa shape index (κ1) is 9.02. The number of aliphatic hydroxyl groups is 1. The molecule has 2 N–H and O–H groups in total. The van der Waals surface area contributed by atoms with E-state index in [9.17, 15) is 4.79 Å². The van der Waals surface area contributed by atoms with E-state index in [4.69, 9.17) is 21.8 Å². The average molecular weight is 191 g/mol. The molecule has 0 aliphatic carbocycles. The Morgan fingerprint density at radius 2 is 2.42 bits per heavy atom. The summed E-state index contributed by atoms with van der Waals surface area (Å²) < 4.78 is 1.28. The van der Waals surface area contributed by atoms with Gasteiger partial charge in [-0.2, -0.15) is 5.10 Å². The van der Waals surface area contributed by atoms with Crippen molar-refractivity contribution >= 4 is 17.6 Å². The molecule has 0 aliphatic heterocycles. The normalized spacial score (nSPS) is 10.2. The highest BCUT2D eigenvalue weighted by Gasteiger charge is 2.13. The smallest absolute Gasteiger partial charge is 0.357 e. The lowest BCUT2D eigenvalue weighted by Gasteiger charge is -1.93. The molecule has 0 aromatic carbocycles. The zero-order valence-corrected chi connectivity index (χ0v) is 6.82. The molecule has 0 unspecified atom stereocenters. The summed E-state index contributed by atoms with van der Waals surface area (Å²) >= 11 is 5.53. The number of aromatic nitrogens is 2. The summed E-state index contributed by atoms with van der Waals surface area (Å²) in [6.45, 7) is 0.143. The van der Waals surface area contributed by atoms with Crippen molar-refractivity contribution in [2.45, 2.75) is 6.54 Å². The quantitative estimate of drug-likeness (QED) is 0.716. The molecule has 5 nitrogen and oxygen atoms in total. The molecule has 0 fully saturated rings. The SMILES string of the molecule is O=C(O)c1nn(CCO)cc1Cl. The van der Waals surface area contributed by atoms with Crippen LogP contribution in [0.3, 0.4) is 0 Å². The number of rotatable bonds is 3. The largest absolute Gasteiger partial charge is 0.476 e. The molecule has 0 bridgehead atoms. The van der Waals surface area contributed by atoms with Gasteiger partial charge >= 0.3 is 5.97 Å². The van der Waals surface area contributed by atoms with Gasteiger partial charge in [-0.15, -0.1) is 0 Å². The Morgan fingerprint density at radius 1 is 1.75 bits per heavy atom. The minimum atomic E-state index is -1.17. The number of carboxylic acids is 1. The number of nitrogens with zero attached hydrogens (tertiary/aromatic N) is 2. The number of hydrogen-bond acceptors (Lipinski definition) is 3. The van der Waals surface area contributed by atoms with E-state index in [0.717, 1.165) is 0 Å². The van der Waals surface area contributed by atoms with Crippen molar-refractivity contribution < 1.29 is 15.0 Å². The Morgan fingerprint density at radius 3 is 2.83 bits per heavy atom. The second-order valence-corrected chi connectivity index (χ2v) is 2.52. The van der Waals surface area contributed by atoms with E-state index in [2.05, 4.69) is 5.10 Å². The molecule has 0 aliphatic rings. The van der Waals surface area contributed by atoms with E-state index in [0.29, 0.717) is 0 Å². The van der Waals surface area contributed by atoms with E-state index in [1.54, 1.807) is 0 Å². The summed E-state index contributed by atoms with van der Waals surface area (Å²) in [7, 11) is 0. The number of aromatic carboxylic acids is 1. The van der Waals surface area contributed by atoms with Gasteiger partial charge in [0.2, 0.25) is 0 Å². The number of halogens is 1. The van der Waals surface area contributed by atoms with Gasteiger partial charge in [0.25, 0.3) is 0 Å². The first-order valence-corrected chi connectivity index (χ1v) is 3.60. The Hall–Kier alpha value is -1.07. The standard InChI is InChI=1S/C6H7ClN2O3/c7-4-3-9(1-2-10)8-5(4)6(11)12/h3,10H,1-2H2,(H,11,12). The molecule has 0 radical (unpaired) electrons.